The van der Waals surface area contributed by atoms with Gasteiger partial charge in [0.2, 0.25) is 0 Å². The van der Waals surface area contributed by atoms with E-state index in [0.29, 0.717) is 0 Å². The van der Waals surface area contributed by atoms with E-state index in [2.05, 4.69) is 56.7 Å². The minimum absolute atomic E-state index is 0.773. The molecule has 0 aliphatic carbocycles. The molecule has 0 amide bonds. The van der Waals surface area contributed by atoms with Gasteiger partial charge in [-0.2, -0.15) is 0 Å². The van der Waals surface area contributed by atoms with E-state index in [0.717, 1.165) is 48.5 Å². The Morgan fingerprint density at radius 1 is 0.633 bits per heavy atom. The van der Waals surface area contributed by atoms with Crippen molar-refractivity contribution in [3.63, 3.8) is 0 Å². The summed E-state index contributed by atoms with van der Waals surface area (Å²) in [5.41, 5.74) is 4.09. The van der Waals surface area contributed by atoms with Gasteiger partial charge in [0.15, 0.2) is 0 Å². The summed E-state index contributed by atoms with van der Waals surface area (Å²) in [6.45, 7) is 3.67. The fraction of sp³-hybridized carbons (Fsp3) is 0.455. The van der Waals surface area contributed by atoms with E-state index in [4.69, 9.17) is 0 Å². The highest BCUT2D eigenvalue weighted by atomic mass is 15.5. The van der Waals surface area contributed by atoms with Crippen LogP contribution in [-0.4, -0.2) is 67.0 Å². The van der Waals surface area contributed by atoms with Crippen LogP contribution in [0.2, 0.25) is 0 Å². The quantitative estimate of drug-likeness (QED) is 0.356. The summed E-state index contributed by atoms with van der Waals surface area (Å²) in [6, 6.07) is 16.2. The average Bonchev–Trinajstić information content (AvgIpc) is 3.35. The van der Waals surface area contributed by atoms with Gasteiger partial charge in [0, 0.05) is 0 Å². The van der Waals surface area contributed by atoms with Crippen LogP contribution in [0.5, 0.6) is 0 Å². The molecule has 0 saturated heterocycles. The van der Waals surface area contributed by atoms with E-state index in [-0.39, 0.29) is 0 Å². The van der Waals surface area contributed by atoms with Crippen molar-refractivity contribution < 1.29 is 0 Å². The predicted molar refractivity (Wildman–Crippen MR) is 119 cm³/mol. The Hall–Kier alpha value is -2.84. The van der Waals surface area contributed by atoms with Crippen LogP contribution in [0.25, 0.3) is 22.1 Å². The Morgan fingerprint density at radius 3 is 1.53 bits per heavy atom. The maximum absolute atomic E-state index is 4.27. The maximum atomic E-state index is 4.27. The lowest BCUT2D eigenvalue weighted by atomic mass is 10.2. The van der Waals surface area contributed by atoms with E-state index in [1.807, 2.05) is 45.8 Å². The molecule has 0 aliphatic heterocycles. The Labute approximate surface area is 177 Å². The largest absolute Gasteiger partial charge is 0.287 e. The number of hydrogen-bond acceptors (Lipinski definition) is 6. The van der Waals surface area contributed by atoms with Gasteiger partial charge in [-0.25, -0.2) is 9.36 Å². The molecular formula is C22H30N8. The van der Waals surface area contributed by atoms with Crippen molar-refractivity contribution in [3.05, 3.63) is 48.5 Å². The van der Waals surface area contributed by atoms with Crippen molar-refractivity contribution in [1.29, 1.82) is 0 Å². The highest BCUT2D eigenvalue weighted by Crippen LogP contribution is 2.12. The second-order valence-electron chi connectivity index (χ2n) is 8.01. The monoisotopic (exact) mass is 406 g/mol. The van der Waals surface area contributed by atoms with Crippen LogP contribution in [0, 0.1) is 0 Å². The van der Waals surface area contributed by atoms with Gasteiger partial charge < -0.3 is 0 Å². The van der Waals surface area contributed by atoms with Gasteiger partial charge >= 0.3 is 0 Å². The molecular weight excluding hydrogens is 376 g/mol. The van der Waals surface area contributed by atoms with E-state index in [1.165, 1.54) is 25.7 Å². The van der Waals surface area contributed by atoms with Crippen LogP contribution in [0.4, 0.5) is 0 Å². The molecule has 0 radical (unpaired) electrons. The third kappa shape index (κ3) is 5.01. The molecule has 0 unspecified atom stereocenters. The average molecular weight is 407 g/mol. The number of hydrogen-bond donors (Lipinski definition) is 0. The lowest BCUT2D eigenvalue weighted by Gasteiger charge is -2.18. The second kappa shape index (κ2) is 9.77. The van der Waals surface area contributed by atoms with Crippen LogP contribution in [0.3, 0.4) is 0 Å². The Bertz CT molecular complexity index is 983. The van der Waals surface area contributed by atoms with E-state index < -0.39 is 0 Å². The zero-order valence-corrected chi connectivity index (χ0v) is 17.9. The Morgan fingerprint density at radius 2 is 1.07 bits per heavy atom. The minimum atomic E-state index is 0.773. The van der Waals surface area contributed by atoms with Crippen LogP contribution in [-0.2, 0) is 13.3 Å². The summed E-state index contributed by atoms with van der Waals surface area (Å²) in [4.78, 5) is 4.62. The highest BCUT2D eigenvalue weighted by molar-refractivity contribution is 5.74. The zero-order chi connectivity index (χ0) is 20.8. The zero-order valence-electron chi connectivity index (χ0n) is 17.9. The molecule has 0 bridgehead atoms. The molecule has 2 aromatic carbocycles. The maximum Gasteiger partial charge on any atom is 0.113 e. The summed E-state index contributed by atoms with van der Waals surface area (Å²) in [5.74, 6) is 0. The van der Waals surface area contributed by atoms with E-state index in [9.17, 15) is 0 Å². The molecule has 0 spiro atoms. The predicted octanol–water partition coefficient (Wildman–Crippen LogP) is 3.22. The fourth-order valence-electron chi connectivity index (χ4n) is 3.76. The van der Waals surface area contributed by atoms with E-state index >= 15 is 0 Å². The summed E-state index contributed by atoms with van der Waals surface area (Å²) < 4.78 is 3.94. The van der Waals surface area contributed by atoms with Gasteiger partial charge in [0.05, 0.1) is 24.4 Å². The molecule has 8 heteroatoms. The first-order valence-electron chi connectivity index (χ1n) is 10.6. The molecule has 4 aromatic rings. The van der Waals surface area contributed by atoms with Crippen molar-refractivity contribution >= 4 is 22.1 Å². The van der Waals surface area contributed by atoms with Crippen molar-refractivity contribution in [2.24, 2.45) is 0 Å². The minimum Gasteiger partial charge on any atom is -0.287 e. The van der Waals surface area contributed by atoms with Crippen molar-refractivity contribution in [2.45, 2.75) is 39.0 Å². The van der Waals surface area contributed by atoms with Crippen LogP contribution in [0.15, 0.2) is 48.5 Å². The van der Waals surface area contributed by atoms with Gasteiger partial charge in [-0.3, -0.25) is 9.80 Å². The van der Waals surface area contributed by atoms with Gasteiger partial charge in [-0.1, -0.05) is 47.5 Å². The summed E-state index contributed by atoms with van der Waals surface area (Å²) in [7, 11) is 4.29. The number of nitrogens with zero attached hydrogens (tertiary/aromatic N) is 8. The Balaban J connectivity index is 1.12. The topological polar surface area (TPSA) is 67.9 Å². The van der Waals surface area contributed by atoms with Crippen molar-refractivity contribution in [2.75, 3.05) is 27.2 Å². The van der Waals surface area contributed by atoms with E-state index in [1.54, 1.807) is 0 Å². The number of benzene rings is 2. The van der Waals surface area contributed by atoms with Crippen LogP contribution < -0.4 is 0 Å². The molecule has 4 rings (SSSR count). The Kier molecular flexibility index (Phi) is 6.66. The van der Waals surface area contributed by atoms with Gasteiger partial charge in [0.1, 0.15) is 11.0 Å². The molecule has 158 valence electrons. The smallest absolute Gasteiger partial charge is 0.113 e. The van der Waals surface area contributed by atoms with Gasteiger partial charge in [0.25, 0.3) is 0 Å². The third-order valence-electron chi connectivity index (χ3n) is 5.42. The first-order chi connectivity index (χ1) is 14.7. The normalized spacial score (nSPS) is 12.0. The van der Waals surface area contributed by atoms with Crippen LogP contribution >= 0.6 is 0 Å². The number of rotatable bonds is 11. The lowest BCUT2D eigenvalue weighted by Crippen LogP contribution is -2.24. The standard InChI is InChI=1S/C22H30N8/c1-27(17-29-21-13-7-5-11-19(21)23-25-29)15-9-3-4-10-16-28(2)18-30-22-14-8-6-12-20(22)24-26-30/h5-8,11-14H,3-4,9-10,15-18H2,1-2H3. The second-order valence-corrected chi connectivity index (χ2v) is 8.01. The molecule has 30 heavy (non-hydrogen) atoms. The summed E-state index contributed by atoms with van der Waals surface area (Å²) in [5, 5.41) is 17.0. The number of unbranched alkanes of at least 4 members (excludes halogenated alkanes) is 3. The first kappa shape index (κ1) is 20.4. The van der Waals surface area contributed by atoms with Crippen molar-refractivity contribution in [3.8, 4) is 0 Å². The van der Waals surface area contributed by atoms with Gasteiger partial charge in [-0.15, -0.1) is 10.2 Å². The number of aromatic nitrogens is 6. The van der Waals surface area contributed by atoms with Gasteiger partial charge in [-0.05, 0) is 64.3 Å². The molecule has 0 N–H and O–H groups in total. The summed E-state index contributed by atoms with van der Waals surface area (Å²) in [6.07, 6.45) is 4.87. The van der Waals surface area contributed by atoms with Crippen LogP contribution in [0.1, 0.15) is 25.7 Å². The SMILES string of the molecule is CN(CCCCCCN(C)Cn1nnc2ccccc21)Cn1nnc2ccccc21. The molecule has 8 nitrogen and oxygen atoms in total. The molecule has 0 atom stereocenters. The molecule has 0 saturated carbocycles. The molecule has 0 aliphatic rings. The third-order valence-corrected chi connectivity index (χ3v) is 5.42. The number of para-hydroxylation sites is 2. The van der Waals surface area contributed by atoms with Crippen molar-refractivity contribution in [1.82, 2.24) is 39.8 Å². The summed E-state index contributed by atoms with van der Waals surface area (Å²) >= 11 is 0. The number of fused-ring (bicyclic) bond motifs is 2. The molecule has 0 fully saturated rings. The fourth-order valence-corrected chi connectivity index (χ4v) is 3.76. The molecule has 2 heterocycles. The lowest BCUT2D eigenvalue weighted by molar-refractivity contribution is 0.241. The molecule has 2 aromatic heterocycles. The highest BCUT2D eigenvalue weighted by Gasteiger charge is 2.07. The first-order valence-corrected chi connectivity index (χ1v) is 10.6.